The van der Waals surface area contributed by atoms with Crippen LogP contribution in [-0.2, 0) is 13.0 Å². The van der Waals surface area contributed by atoms with Gasteiger partial charge < -0.3 is 16.0 Å². The van der Waals surface area contributed by atoms with Gasteiger partial charge in [-0.15, -0.1) is 0 Å². The molecular weight excluding hydrogens is 411 g/mol. The Morgan fingerprint density at radius 3 is 2.70 bits per heavy atom. The van der Waals surface area contributed by atoms with Crippen molar-refractivity contribution in [1.82, 2.24) is 16.0 Å². The molecule has 0 aliphatic heterocycles. The fraction of sp³-hybridized carbons (Fsp3) is 0.300. The van der Waals surface area contributed by atoms with E-state index < -0.39 is 0 Å². The maximum absolute atomic E-state index is 13.8. The fourth-order valence-electron chi connectivity index (χ4n) is 2.58. The number of carbonyl (C=O) groups excluding carboxylic acids is 1. The van der Waals surface area contributed by atoms with Crippen molar-refractivity contribution in [2.45, 2.75) is 19.4 Å². The van der Waals surface area contributed by atoms with Gasteiger partial charge in [0.05, 0.1) is 0 Å². The quantitative estimate of drug-likeness (QED) is 0.356. The highest BCUT2D eigenvalue weighted by Gasteiger charge is 2.05. The second kappa shape index (κ2) is 10.7. The Bertz CT molecular complexity index is 810. The molecule has 0 aliphatic carbocycles. The second-order valence-corrected chi connectivity index (χ2v) is 6.89. The van der Waals surface area contributed by atoms with E-state index in [0.29, 0.717) is 36.6 Å². The number of aliphatic imine (C=N–C) groups is 1. The van der Waals surface area contributed by atoms with E-state index in [1.807, 2.05) is 24.3 Å². The van der Waals surface area contributed by atoms with Crippen LogP contribution >= 0.6 is 15.9 Å². The van der Waals surface area contributed by atoms with Gasteiger partial charge in [0, 0.05) is 37.2 Å². The van der Waals surface area contributed by atoms with E-state index in [2.05, 4.69) is 36.9 Å². The maximum Gasteiger partial charge on any atom is 0.251 e. The van der Waals surface area contributed by atoms with Gasteiger partial charge in [-0.25, -0.2) is 4.39 Å². The first-order valence-electron chi connectivity index (χ1n) is 8.73. The molecule has 7 heteroatoms. The van der Waals surface area contributed by atoms with Crippen LogP contribution in [-0.4, -0.2) is 32.5 Å². The summed E-state index contributed by atoms with van der Waals surface area (Å²) < 4.78 is 14.6. The molecule has 144 valence electrons. The van der Waals surface area contributed by atoms with Crippen molar-refractivity contribution in [3.63, 3.8) is 0 Å². The first-order valence-corrected chi connectivity index (χ1v) is 9.52. The van der Waals surface area contributed by atoms with Crippen molar-refractivity contribution < 1.29 is 9.18 Å². The number of guanidine groups is 1. The van der Waals surface area contributed by atoms with Crippen molar-refractivity contribution in [3.8, 4) is 0 Å². The molecule has 2 aromatic rings. The molecule has 1 amide bonds. The van der Waals surface area contributed by atoms with E-state index in [1.54, 1.807) is 26.2 Å². The summed E-state index contributed by atoms with van der Waals surface area (Å²) in [5, 5.41) is 9.05. The predicted octanol–water partition coefficient (Wildman–Crippen LogP) is 3.25. The fourth-order valence-corrected chi connectivity index (χ4v) is 2.92. The summed E-state index contributed by atoms with van der Waals surface area (Å²) in [6, 6.07) is 12.5. The zero-order valence-corrected chi connectivity index (χ0v) is 17.1. The number of halogens is 2. The molecule has 0 aromatic heterocycles. The third-order valence-electron chi connectivity index (χ3n) is 4.03. The maximum atomic E-state index is 13.8. The van der Waals surface area contributed by atoms with Crippen LogP contribution in [0.1, 0.15) is 27.9 Å². The lowest BCUT2D eigenvalue weighted by Crippen LogP contribution is -2.37. The molecule has 0 unspecified atom stereocenters. The van der Waals surface area contributed by atoms with Crippen LogP contribution in [0, 0.1) is 5.82 Å². The number of carbonyl (C=O) groups is 1. The molecule has 0 atom stereocenters. The first kappa shape index (κ1) is 20.9. The third-order valence-corrected chi connectivity index (χ3v) is 4.52. The highest BCUT2D eigenvalue weighted by Crippen LogP contribution is 2.16. The average molecular weight is 435 g/mol. The second-order valence-electron chi connectivity index (χ2n) is 5.97. The summed E-state index contributed by atoms with van der Waals surface area (Å²) in [7, 11) is 3.31. The smallest absolute Gasteiger partial charge is 0.251 e. The van der Waals surface area contributed by atoms with Gasteiger partial charge in [-0.3, -0.25) is 9.79 Å². The number of hydrogen-bond donors (Lipinski definition) is 3. The normalized spacial score (nSPS) is 11.2. The molecule has 0 saturated heterocycles. The highest BCUT2D eigenvalue weighted by atomic mass is 79.9. The average Bonchev–Trinajstić information content (AvgIpc) is 2.68. The molecule has 27 heavy (non-hydrogen) atoms. The van der Waals surface area contributed by atoms with Crippen molar-refractivity contribution in [2.75, 3.05) is 20.6 Å². The summed E-state index contributed by atoms with van der Waals surface area (Å²) in [5.41, 5.74) is 2.31. The molecule has 0 aliphatic rings. The zero-order valence-electron chi connectivity index (χ0n) is 15.5. The summed E-state index contributed by atoms with van der Waals surface area (Å²) >= 11 is 3.26. The Morgan fingerprint density at radius 1 is 1.19 bits per heavy atom. The van der Waals surface area contributed by atoms with E-state index >= 15 is 0 Å². The van der Waals surface area contributed by atoms with Crippen molar-refractivity contribution in [1.29, 1.82) is 0 Å². The van der Waals surface area contributed by atoms with Crippen LogP contribution in [0.2, 0.25) is 0 Å². The van der Waals surface area contributed by atoms with Crippen LogP contribution in [0.3, 0.4) is 0 Å². The number of hydrogen-bond acceptors (Lipinski definition) is 2. The van der Waals surface area contributed by atoms with Crippen LogP contribution in [0.15, 0.2) is 51.9 Å². The van der Waals surface area contributed by atoms with Gasteiger partial charge in [0.1, 0.15) is 5.82 Å². The van der Waals surface area contributed by atoms with Crippen LogP contribution in [0.4, 0.5) is 4.39 Å². The monoisotopic (exact) mass is 434 g/mol. The molecule has 2 rings (SSSR count). The molecule has 3 N–H and O–H groups in total. The van der Waals surface area contributed by atoms with Gasteiger partial charge in [0.15, 0.2) is 5.96 Å². The largest absolute Gasteiger partial charge is 0.356 e. The van der Waals surface area contributed by atoms with Crippen molar-refractivity contribution in [2.24, 2.45) is 4.99 Å². The minimum Gasteiger partial charge on any atom is -0.356 e. The Labute approximate surface area is 167 Å². The van der Waals surface area contributed by atoms with Crippen LogP contribution < -0.4 is 16.0 Å². The predicted molar refractivity (Wildman–Crippen MR) is 110 cm³/mol. The lowest BCUT2D eigenvalue weighted by molar-refractivity contribution is 0.0963. The lowest BCUT2D eigenvalue weighted by Gasteiger charge is -2.12. The van der Waals surface area contributed by atoms with Crippen molar-refractivity contribution >= 4 is 27.8 Å². The summed E-state index contributed by atoms with van der Waals surface area (Å²) in [6.07, 6.45) is 1.43. The van der Waals surface area contributed by atoms with Crippen LogP contribution in [0.5, 0.6) is 0 Å². The standard InChI is InChI=1S/C20H24BrFN4O/c1-23-19(27)16-6-3-5-14(11-16)13-26-20(24-2)25-10-4-7-15-8-9-17(21)12-18(15)22/h3,5-6,8-9,11-12H,4,7,10,13H2,1-2H3,(H,23,27)(H2,24,25,26). The first-order chi connectivity index (χ1) is 13.0. The Hall–Kier alpha value is -2.41. The molecule has 0 spiro atoms. The van der Waals surface area contributed by atoms with E-state index in [-0.39, 0.29) is 11.7 Å². The molecule has 5 nitrogen and oxygen atoms in total. The molecule has 0 fully saturated rings. The molecule has 0 saturated carbocycles. The van der Waals surface area contributed by atoms with Gasteiger partial charge >= 0.3 is 0 Å². The van der Waals surface area contributed by atoms with E-state index in [4.69, 9.17) is 0 Å². The van der Waals surface area contributed by atoms with E-state index in [1.165, 1.54) is 6.07 Å². The number of rotatable bonds is 7. The van der Waals surface area contributed by atoms with Crippen LogP contribution in [0.25, 0.3) is 0 Å². The Kier molecular flexibility index (Phi) is 8.26. The molecule has 0 radical (unpaired) electrons. The minimum atomic E-state index is -0.192. The summed E-state index contributed by atoms with van der Waals surface area (Å²) in [5.74, 6) is 0.360. The highest BCUT2D eigenvalue weighted by molar-refractivity contribution is 9.10. The van der Waals surface area contributed by atoms with Gasteiger partial charge in [-0.2, -0.15) is 0 Å². The molecule has 2 aromatic carbocycles. The van der Waals surface area contributed by atoms with Gasteiger partial charge in [-0.1, -0.05) is 34.1 Å². The topological polar surface area (TPSA) is 65.5 Å². The number of nitrogens with one attached hydrogen (secondary N) is 3. The SMILES string of the molecule is CN=C(NCCCc1ccc(Br)cc1F)NCc1cccc(C(=O)NC)c1. The Morgan fingerprint density at radius 2 is 2.00 bits per heavy atom. The number of amides is 1. The van der Waals surface area contributed by atoms with Gasteiger partial charge in [0.2, 0.25) is 0 Å². The van der Waals surface area contributed by atoms with Gasteiger partial charge in [0.25, 0.3) is 5.91 Å². The summed E-state index contributed by atoms with van der Waals surface area (Å²) in [4.78, 5) is 15.9. The molecule has 0 bridgehead atoms. The van der Waals surface area contributed by atoms with E-state index in [0.717, 1.165) is 16.5 Å². The van der Waals surface area contributed by atoms with E-state index in [9.17, 15) is 9.18 Å². The minimum absolute atomic E-state index is 0.112. The van der Waals surface area contributed by atoms with Crippen molar-refractivity contribution in [3.05, 3.63) is 69.4 Å². The van der Waals surface area contributed by atoms with Gasteiger partial charge in [-0.05, 0) is 48.2 Å². The summed E-state index contributed by atoms with van der Waals surface area (Å²) in [6.45, 7) is 1.22. The Balaban J connectivity index is 1.78. The number of benzene rings is 2. The third kappa shape index (κ3) is 6.67. The zero-order chi connectivity index (χ0) is 19.6. The molecular formula is C20H24BrFN4O. The number of nitrogens with zero attached hydrogens (tertiary/aromatic N) is 1. The lowest BCUT2D eigenvalue weighted by atomic mass is 10.1. The number of aryl methyl sites for hydroxylation is 1. The molecule has 0 heterocycles.